The number of nitrogens with two attached hydrogens (primary N) is 1. The van der Waals surface area contributed by atoms with Crippen molar-refractivity contribution in [3.63, 3.8) is 0 Å². The van der Waals surface area contributed by atoms with Gasteiger partial charge >= 0.3 is 0 Å². The molecule has 2 aromatic rings. The molecule has 2 N–H and O–H groups in total. The minimum atomic E-state index is 0.304. The average molecular weight is 316 g/mol. The summed E-state index contributed by atoms with van der Waals surface area (Å²) in [5.41, 5.74) is 7.96. The second-order valence-electron chi connectivity index (χ2n) is 4.68. The maximum Gasteiger partial charge on any atom is 0.203 e. The molecule has 0 aliphatic carbocycles. The zero-order chi connectivity index (χ0) is 17.0. The number of rotatable bonds is 6. The maximum atomic E-state index is 5.86. The molecule has 0 bridgehead atoms. The number of hydrogen-bond donors (Lipinski definition) is 1. The lowest BCUT2D eigenvalue weighted by atomic mass is 10.0. The van der Waals surface area contributed by atoms with Crippen LogP contribution < -0.4 is 24.7 Å². The fourth-order valence-corrected chi connectivity index (χ4v) is 2.21. The molecule has 122 valence electrons. The standard InChI is InChI=1S/C17H20N2O4/c1-10(12-6-7-13(20-2)17(18)19-12)11-8-14(21-3)16(23-5)15(9-11)22-4/h6-9H,1H2,2-5H3,(H2,18,19). The van der Waals surface area contributed by atoms with E-state index in [-0.39, 0.29) is 0 Å². The van der Waals surface area contributed by atoms with Gasteiger partial charge in [-0.1, -0.05) is 6.58 Å². The van der Waals surface area contributed by atoms with E-state index in [2.05, 4.69) is 11.6 Å². The summed E-state index contributed by atoms with van der Waals surface area (Å²) in [7, 11) is 6.22. The van der Waals surface area contributed by atoms with Crippen molar-refractivity contribution in [1.29, 1.82) is 0 Å². The normalized spacial score (nSPS) is 10.1. The summed E-state index contributed by atoms with van der Waals surface area (Å²) in [5.74, 6) is 2.44. The Morgan fingerprint density at radius 1 is 0.913 bits per heavy atom. The molecule has 0 saturated heterocycles. The van der Waals surface area contributed by atoms with Crippen molar-refractivity contribution in [1.82, 2.24) is 4.98 Å². The van der Waals surface area contributed by atoms with Gasteiger partial charge in [0.1, 0.15) is 0 Å². The number of hydrogen-bond acceptors (Lipinski definition) is 6. The SMILES string of the molecule is C=C(c1cc(OC)c(OC)c(OC)c1)c1ccc(OC)c(N)n1. The molecule has 0 atom stereocenters. The third-order valence-corrected chi connectivity index (χ3v) is 3.43. The van der Waals surface area contributed by atoms with Crippen molar-refractivity contribution >= 4 is 11.4 Å². The topological polar surface area (TPSA) is 75.8 Å². The molecule has 23 heavy (non-hydrogen) atoms. The van der Waals surface area contributed by atoms with Gasteiger partial charge in [-0.2, -0.15) is 0 Å². The van der Waals surface area contributed by atoms with Crippen LogP contribution in [0.1, 0.15) is 11.3 Å². The van der Waals surface area contributed by atoms with Crippen LogP contribution in [0.3, 0.4) is 0 Å². The Morgan fingerprint density at radius 2 is 1.48 bits per heavy atom. The molecule has 1 heterocycles. The van der Waals surface area contributed by atoms with Gasteiger partial charge in [-0.05, 0) is 29.8 Å². The van der Waals surface area contributed by atoms with E-state index in [0.717, 1.165) is 5.56 Å². The van der Waals surface area contributed by atoms with Gasteiger partial charge in [0, 0.05) is 5.57 Å². The van der Waals surface area contributed by atoms with Gasteiger partial charge < -0.3 is 24.7 Å². The van der Waals surface area contributed by atoms with E-state index in [9.17, 15) is 0 Å². The first-order valence-electron chi connectivity index (χ1n) is 6.85. The van der Waals surface area contributed by atoms with Crippen LogP contribution in [-0.2, 0) is 0 Å². The zero-order valence-corrected chi connectivity index (χ0v) is 13.7. The fraction of sp³-hybridized carbons (Fsp3) is 0.235. The van der Waals surface area contributed by atoms with Crippen LogP contribution in [0, 0.1) is 0 Å². The van der Waals surface area contributed by atoms with E-state index in [1.165, 1.54) is 0 Å². The molecule has 0 aliphatic rings. The molecule has 0 spiro atoms. The number of aromatic nitrogens is 1. The number of anilines is 1. The van der Waals surface area contributed by atoms with E-state index in [1.807, 2.05) is 12.1 Å². The summed E-state index contributed by atoms with van der Waals surface area (Å²) >= 11 is 0. The molecule has 1 aromatic heterocycles. The Hall–Kier alpha value is -2.89. The highest BCUT2D eigenvalue weighted by atomic mass is 16.5. The van der Waals surface area contributed by atoms with Crippen LogP contribution in [-0.4, -0.2) is 33.4 Å². The molecular weight excluding hydrogens is 296 g/mol. The number of pyridine rings is 1. The Labute approximate surface area is 135 Å². The van der Waals surface area contributed by atoms with E-state index in [1.54, 1.807) is 40.6 Å². The summed E-state index contributed by atoms with van der Waals surface area (Å²) in [6.07, 6.45) is 0. The molecule has 0 radical (unpaired) electrons. The van der Waals surface area contributed by atoms with Crippen LogP contribution in [0.5, 0.6) is 23.0 Å². The predicted octanol–water partition coefficient (Wildman–Crippen LogP) is 2.76. The summed E-state index contributed by atoms with van der Waals surface area (Å²) < 4.78 is 21.1. The molecule has 6 heteroatoms. The van der Waals surface area contributed by atoms with E-state index in [4.69, 9.17) is 24.7 Å². The first-order valence-corrected chi connectivity index (χ1v) is 6.85. The van der Waals surface area contributed by atoms with Crippen LogP contribution >= 0.6 is 0 Å². The van der Waals surface area contributed by atoms with Crippen LogP contribution in [0.2, 0.25) is 0 Å². The fourth-order valence-electron chi connectivity index (χ4n) is 2.21. The molecule has 2 rings (SSSR count). The first-order chi connectivity index (χ1) is 11.0. The third kappa shape index (κ3) is 3.15. The lowest BCUT2D eigenvalue weighted by molar-refractivity contribution is 0.324. The summed E-state index contributed by atoms with van der Waals surface area (Å²) in [6, 6.07) is 7.17. The zero-order valence-electron chi connectivity index (χ0n) is 13.7. The van der Waals surface area contributed by atoms with Gasteiger partial charge in [-0.3, -0.25) is 0 Å². The number of nitrogens with zero attached hydrogens (tertiary/aromatic N) is 1. The molecule has 0 aliphatic heterocycles. The number of nitrogen functional groups attached to an aromatic ring is 1. The third-order valence-electron chi connectivity index (χ3n) is 3.43. The van der Waals surface area contributed by atoms with Crippen molar-refractivity contribution in [3.8, 4) is 23.0 Å². The Morgan fingerprint density at radius 3 is 1.91 bits per heavy atom. The van der Waals surface area contributed by atoms with Crippen molar-refractivity contribution in [3.05, 3.63) is 42.1 Å². The lowest BCUT2D eigenvalue weighted by Crippen LogP contribution is -2.00. The van der Waals surface area contributed by atoms with Gasteiger partial charge in [0.2, 0.25) is 5.75 Å². The molecule has 0 saturated carbocycles. The molecule has 6 nitrogen and oxygen atoms in total. The molecular formula is C17H20N2O4. The Kier molecular flexibility index (Phi) is 4.95. The van der Waals surface area contributed by atoms with Crippen LogP contribution in [0.15, 0.2) is 30.8 Å². The van der Waals surface area contributed by atoms with Crippen molar-refractivity contribution in [2.75, 3.05) is 34.2 Å². The second-order valence-corrected chi connectivity index (χ2v) is 4.68. The average Bonchev–Trinajstić information content (AvgIpc) is 2.59. The van der Waals surface area contributed by atoms with E-state index < -0.39 is 0 Å². The molecule has 0 unspecified atom stereocenters. The van der Waals surface area contributed by atoms with Gasteiger partial charge in [0.15, 0.2) is 23.1 Å². The van der Waals surface area contributed by atoms with Crippen molar-refractivity contribution in [2.24, 2.45) is 0 Å². The highest BCUT2D eigenvalue weighted by Crippen LogP contribution is 2.40. The number of methoxy groups -OCH3 is 4. The number of benzene rings is 1. The number of ether oxygens (including phenoxy) is 4. The highest BCUT2D eigenvalue weighted by molar-refractivity contribution is 5.79. The van der Waals surface area contributed by atoms with Crippen LogP contribution in [0.25, 0.3) is 5.57 Å². The Bertz CT molecular complexity index is 704. The maximum absolute atomic E-state index is 5.86. The highest BCUT2D eigenvalue weighted by Gasteiger charge is 2.16. The smallest absolute Gasteiger partial charge is 0.203 e. The molecule has 0 amide bonds. The van der Waals surface area contributed by atoms with E-state index in [0.29, 0.717) is 40.1 Å². The summed E-state index contributed by atoms with van der Waals surface area (Å²) in [5, 5.41) is 0. The quantitative estimate of drug-likeness (QED) is 0.883. The minimum absolute atomic E-state index is 0.304. The summed E-state index contributed by atoms with van der Waals surface area (Å²) in [6.45, 7) is 4.09. The van der Waals surface area contributed by atoms with Gasteiger partial charge in [0.05, 0.1) is 34.1 Å². The van der Waals surface area contributed by atoms with Crippen molar-refractivity contribution < 1.29 is 18.9 Å². The second kappa shape index (κ2) is 6.91. The van der Waals surface area contributed by atoms with E-state index >= 15 is 0 Å². The van der Waals surface area contributed by atoms with Gasteiger partial charge in [-0.15, -0.1) is 0 Å². The Balaban J connectivity index is 2.49. The summed E-state index contributed by atoms with van der Waals surface area (Å²) in [4.78, 5) is 4.31. The monoisotopic (exact) mass is 316 g/mol. The largest absolute Gasteiger partial charge is 0.493 e. The van der Waals surface area contributed by atoms with Crippen molar-refractivity contribution in [2.45, 2.75) is 0 Å². The van der Waals surface area contributed by atoms with Gasteiger partial charge in [-0.25, -0.2) is 4.98 Å². The first kappa shape index (κ1) is 16.5. The minimum Gasteiger partial charge on any atom is -0.493 e. The molecule has 1 aromatic carbocycles. The molecule has 0 fully saturated rings. The predicted molar refractivity (Wildman–Crippen MR) is 89.4 cm³/mol. The lowest BCUT2D eigenvalue weighted by Gasteiger charge is -2.15. The van der Waals surface area contributed by atoms with Crippen LogP contribution in [0.4, 0.5) is 5.82 Å². The van der Waals surface area contributed by atoms with Gasteiger partial charge in [0.25, 0.3) is 0 Å².